The first-order chi connectivity index (χ1) is 7.90. The summed E-state index contributed by atoms with van der Waals surface area (Å²) in [7, 11) is 0. The molecule has 5 heteroatoms. The van der Waals surface area contributed by atoms with Crippen molar-refractivity contribution in [3.8, 4) is 0 Å². The van der Waals surface area contributed by atoms with Crippen LogP contribution in [0.3, 0.4) is 0 Å². The van der Waals surface area contributed by atoms with E-state index in [0.717, 1.165) is 14.7 Å². The molecular formula is C12H15IO4. The van der Waals surface area contributed by atoms with Gasteiger partial charge in [0.25, 0.3) is 0 Å². The van der Waals surface area contributed by atoms with Crippen LogP contribution in [0.2, 0.25) is 0 Å². The van der Waals surface area contributed by atoms with Crippen LogP contribution in [0.25, 0.3) is 0 Å². The Kier molecular flexibility index (Phi) is 4.92. The zero-order valence-corrected chi connectivity index (χ0v) is 12.4. The Balaban J connectivity index is 3.06. The molecule has 17 heavy (non-hydrogen) atoms. The van der Waals surface area contributed by atoms with E-state index in [2.05, 4.69) is 0 Å². The Morgan fingerprint density at radius 2 is 1.59 bits per heavy atom. The van der Waals surface area contributed by atoms with Crippen molar-refractivity contribution in [2.75, 3.05) is 0 Å². The third kappa shape index (κ3) is 4.33. The van der Waals surface area contributed by atoms with E-state index in [1.807, 2.05) is 32.0 Å². The predicted molar refractivity (Wildman–Crippen MR) is 72.2 cm³/mol. The standard InChI is InChI=1S/C12H15IO4/c1-8-5-6-9(2)12(7-8)13(16-10(3)14)17-11(4)15/h5-7H,1-4H3. The fourth-order valence-corrected chi connectivity index (χ4v) is 4.47. The Morgan fingerprint density at radius 3 is 2.06 bits per heavy atom. The molecule has 0 bridgehead atoms. The molecule has 1 aromatic carbocycles. The Bertz CT molecular complexity index is 426. The Morgan fingerprint density at radius 1 is 1.06 bits per heavy atom. The molecule has 0 aliphatic heterocycles. The molecule has 0 saturated heterocycles. The summed E-state index contributed by atoms with van der Waals surface area (Å²) in [6.07, 6.45) is 0. The second-order valence-corrected chi connectivity index (χ2v) is 6.89. The van der Waals surface area contributed by atoms with Gasteiger partial charge in [0.2, 0.25) is 0 Å². The SMILES string of the molecule is CC(=O)OI(OC(C)=O)c1cc(C)ccc1C. The average molecular weight is 350 g/mol. The van der Waals surface area contributed by atoms with Gasteiger partial charge in [-0.05, 0) is 0 Å². The van der Waals surface area contributed by atoms with E-state index in [0.29, 0.717) is 0 Å². The van der Waals surface area contributed by atoms with E-state index in [-0.39, 0.29) is 0 Å². The minimum absolute atomic E-state index is 0.419. The molecule has 1 rings (SSSR count). The molecule has 0 heterocycles. The number of benzene rings is 1. The first kappa shape index (κ1) is 14.0. The molecule has 94 valence electrons. The van der Waals surface area contributed by atoms with Crippen LogP contribution < -0.4 is 0 Å². The van der Waals surface area contributed by atoms with E-state index in [1.54, 1.807) is 0 Å². The van der Waals surface area contributed by atoms with Crippen LogP contribution in [0.1, 0.15) is 25.0 Å². The summed E-state index contributed by atoms with van der Waals surface area (Å²) < 4.78 is 11.2. The van der Waals surface area contributed by atoms with Crippen LogP contribution >= 0.6 is 20.6 Å². The van der Waals surface area contributed by atoms with Gasteiger partial charge in [0.1, 0.15) is 0 Å². The van der Waals surface area contributed by atoms with Gasteiger partial charge in [0, 0.05) is 0 Å². The van der Waals surface area contributed by atoms with Crippen LogP contribution in [0.15, 0.2) is 18.2 Å². The van der Waals surface area contributed by atoms with Crippen molar-refractivity contribution in [2.45, 2.75) is 27.7 Å². The molecule has 0 aliphatic rings. The molecule has 1 aromatic rings. The Hall–Kier alpha value is -1.11. The fourth-order valence-electron chi connectivity index (χ4n) is 1.16. The number of rotatable bonds is 3. The Labute approximate surface area is 109 Å². The van der Waals surface area contributed by atoms with Crippen molar-refractivity contribution in [2.24, 2.45) is 0 Å². The normalized spacial score (nSPS) is 10.7. The molecular weight excluding hydrogens is 335 g/mol. The van der Waals surface area contributed by atoms with Crippen molar-refractivity contribution in [3.63, 3.8) is 0 Å². The minimum atomic E-state index is -2.67. The van der Waals surface area contributed by atoms with E-state index < -0.39 is 32.6 Å². The van der Waals surface area contributed by atoms with Crippen molar-refractivity contribution < 1.29 is 15.7 Å². The van der Waals surface area contributed by atoms with Crippen molar-refractivity contribution in [1.29, 1.82) is 0 Å². The number of carbonyl (C=O) groups excluding carboxylic acids is 2. The molecule has 0 saturated carbocycles. The average Bonchev–Trinajstić information content (AvgIpc) is 2.19. The molecule has 0 spiro atoms. The summed E-state index contributed by atoms with van der Waals surface area (Å²) in [5.74, 6) is -0.838. The second kappa shape index (κ2) is 6.00. The first-order valence-corrected chi connectivity index (χ1v) is 7.89. The number of hydrogen-bond donors (Lipinski definition) is 0. The van der Waals surface area contributed by atoms with Gasteiger partial charge in [0.15, 0.2) is 0 Å². The molecule has 0 amide bonds. The monoisotopic (exact) mass is 350 g/mol. The summed E-state index contributed by atoms with van der Waals surface area (Å²) in [5, 5.41) is 0. The molecule has 0 aromatic heterocycles. The molecule has 4 nitrogen and oxygen atoms in total. The zero-order chi connectivity index (χ0) is 13.0. The van der Waals surface area contributed by atoms with Gasteiger partial charge in [-0.3, -0.25) is 0 Å². The maximum absolute atomic E-state index is 11.0. The number of hydrogen-bond acceptors (Lipinski definition) is 4. The zero-order valence-electron chi connectivity index (χ0n) is 10.2. The van der Waals surface area contributed by atoms with Gasteiger partial charge < -0.3 is 0 Å². The molecule has 0 unspecified atom stereocenters. The van der Waals surface area contributed by atoms with Gasteiger partial charge in [-0.15, -0.1) is 0 Å². The molecule has 0 fully saturated rings. The first-order valence-electron chi connectivity index (χ1n) is 5.05. The van der Waals surface area contributed by atoms with Gasteiger partial charge in [-0.2, -0.15) is 0 Å². The van der Waals surface area contributed by atoms with Crippen LogP contribution in [0, 0.1) is 17.4 Å². The molecule has 0 radical (unpaired) electrons. The van der Waals surface area contributed by atoms with E-state index in [1.165, 1.54) is 13.8 Å². The van der Waals surface area contributed by atoms with Crippen LogP contribution in [0.5, 0.6) is 0 Å². The van der Waals surface area contributed by atoms with Gasteiger partial charge >= 0.3 is 109 Å². The van der Waals surface area contributed by atoms with Crippen molar-refractivity contribution in [1.82, 2.24) is 0 Å². The number of aryl methyl sites for hydroxylation is 2. The number of carbonyl (C=O) groups is 2. The quantitative estimate of drug-likeness (QED) is 0.787. The third-order valence-electron chi connectivity index (χ3n) is 1.85. The summed E-state index contributed by atoms with van der Waals surface area (Å²) >= 11 is -2.67. The van der Waals surface area contributed by atoms with Gasteiger partial charge in [-0.1, -0.05) is 0 Å². The molecule has 0 atom stereocenters. The van der Waals surface area contributed by atoms with E-state index in [4.69, 9.17) is 6.13 Å². The topological polar surface area (TPSA) is 52.6 Å². The third-order valence-corrected chi connectivity index (χ3v) is 6.00. The van der Waals surface area contributed by atoms with Crippen molar-refractivity contribution in [3.05, 3.63) is 32.9 Å². The predicted octanol–water partition coefficient (Wildman–Crippen LogP) is 2.94. The maximum atomic E-state index is 11.0. The van der Waals surface area contributed by atoms with E-state index in [9.17, 15) is 9.59 Å². The second-order valence-electron chi connectivity index (χ2n) is 3.61. The van der Waals surface area contributed by atoms with Gasteiger partial charge in [-0.25, -0.2) is 0 Å². The van der Waals surface area contributed by atoms with Crippen LogP contribution in [-0.4, -0.2) is 11.9 Å². The molecule has 0 aliphatic carbocycles. The van der Waals surface area contributed by atoms with Crippen LogP contribution in [-0.2, 0) is 15.7 Å². The summed E-state index contributed by atoms with van der Waals surface area (Å²) in [4.78, 5) is 22.1. The number of halogens is 1. The van der Waals surface area contributed by atoms with Crippen molar-refractivity contribution >= 4 is 32.6 Å². The van der Waals surface area contributed by atoms with E-state index >= 15 is 0 Å². The van der Waals surface area contributed by atoms with Gasteiger partial charge in [0.05, 0.1) is 0 Å². The fraction of sp³-hybridized carbons (Fsp3) is 0.333. The summed E-state index contributed by atoms with van der Waals surface area (Å²) in [5.41, 5.74) is 2.02. The molecule has 0 N–H and O–H groups in total. The summed E-state index contributed by atoms with van der Waals surface area (Å²) in [6.45, 7) is 6.49. The van der Waals surface area contributed by atoms with Crippen LogP contribution in [0.4, 0.5) is 0 Å². The summed E-state index contributed by atoms with van der Waals surface area (Å²) in [6, 6.07) is 5.81.